The molecule has 1 amide bonds. The number of fused-ring (bicyclic) bond motifs is 1. The van der Waals surface area contributed by atoms with Crippen LogP contribution in [0.15, 0.2) is 48.5 Å². The molecule has 0 aliphatic carbocycles. The Labute approximate surface area is 176 Å². The maximum Gasteiger partial charge on any atom is 0.416 e. The average molecular weight is 438 g/mol. The Kier molecular flexibility index (Phi) is 4.98. The molecule has 4 rings (SSSR count). The van der Waals surface area contributed by atoms with Gasteiger partial charge in [-0.1, -0.05) is 18.2 Å². The van der Waals surface area contributed by atoms with Crippen molar-refractivity contribution in [1.29, 1.82) is 0 Å². The largest absolute Gasteiger partial charge is 0.416 e. The second kappa shape index (κ2) is 7.21. The van der Waals surface area contributed by atoms with Crippen molar-refractivity contribution in [3.05, 3.63) is 59.7 Å². The Morgan fingerprint density at radius 3 is 2.45 bits per heavy atom. The number of hydrogen-bond acceptors (Lipinski definition) is 4. The fourth-order valence-electron chi connectivity index (χ4n) is 3.54. The summed E-state index contributed by atoms with van der Waals surface area (Å²) in [6.45, 7) is 0. The summed E-state index contributed by atoms with van der Waals surface area (Å²) in [5.74, 6) is 0.253. The van der Waals surface area contributed by atoms with Gasteiger partial charge in [-0.25, -0.2) is 0 Å². The summed E-state index contributed by atoms with van der Waals surface area (Å²) in [5, 5.41) is 0.0921. The number of thiocarbonyl (C=S) groups is 1. The van der Waals surface area contributed by atoms with Crippen LogP contribution in [0.4, 0.5) is 24.5 Å². The molecule has 2 aliphatic rings. The molecule has 2 aliphatic heterocycles. The van der Waals surface area contributed by atoms with E-state index < -0.39 is 17.8 Å². The number of amides is 1. The Morgan fingerprint density at radius 1 is 1.14 bits per heavy atom. The van der Waals surface area contributed by atoms with Gasteiger partial charge in [-0.2, -0.15) is 13.2 Å². The minimum atomic E-state index is -4.48. The Bertz CT molecular complexity index is 962. The van der Waals surface area contributed by atoms with Crippen LogP contribution in [0.25, 0.3) is 0 Å². The van der Waals surface area contributed by atoms with E-state index in [9.17, 15) is 18.0 Å². The molecule has 2 fully saturated rings. The van der Waals surface area contributed by atoms with Crippen LogP contribution in [0.3, 0.4) is 0 Å². The molecule has 0 aromatic heterocycles. The predicted molar refractivity (Wildman–Crippen MR) is 113 cm³/mol. The Balaban J connectivity index is 1.64. The van der Waals surface area contributed by atoms with Gasteiger partial charge in [0.05, 0.1) is 11.3 Å². The van der Waals surface area contributed by atoms with E-state index in [1.165, 1.54) is 17.0 Å². The van der Waals surface area contributed by atoms with Crippen LogP contribution in [-0.4, -0.2) is 41.8 Å². The van der Waals surface area contributed by atoms with Gasteiger partial charge >= 0.3 is 6.18 Å². The standard InChI is InChI=1S/C20H18F3N3OS2/c1-24(2)14-8-6-12(7-9-14)18-26-16(11-29-18)17(27)25(19(26)28)15-5-3-4-13(10-15)20(21,22)23/h3-10,16,18H,11H2,1-2H3/t16-,18+/m0/s1. The van der Waals surface area contributed by atoms with Crippen molar-refractivity contribution < 1.29 is 18.0 Å². The normalized spacial score (nSPS) is 21.7. The van der Waals surface area contributed by atoms with E-state index in [1.807, 2.05) is 48.2 Å². The lowest BCUT2D eigenvalue weighted by atomic mass is 10.1. The number of halogens is 3. The third-order valence-electron chi connectivity index (χ3n) is 5.04. The summed E-state index contributed by atoms with van der Waals surface area (Å²) in [5.41, 5.74) is 1.40. The summed E-state index contributed by atoms with van der Waals surface area (Å²) in [6, 6.07) is 12.2. The van der Waals surface area contributed by atoms with Gasteiger partial charge < -0.3 is 9.80 Å². The lowest BCUT2D eigenvalue weighted by Crippen LogP contribution is -2.33. The third kappa shape index (κ3) is 3.46. The second-order valence-corrected chi connectivity index (χ2v) is 8.58. The number of thioether (sulfide) groups is 1. The smallest absolute Gasteiger partial charge is 0.378 e. The van der Waals surface area contributed by atoms with Crippen molar-refractivity contribution >= 4 is 46.4 Å². The van der Waals surface area contributed by atoms with E-state index in [0.29, 0.717) is 5.75 Å². The van der Waals surface area contributed by atoms with Crippen molar-refractivity contribution in [2.45, 2.75) is 17.6 Å². The molecule has 152 valence electrons. The van der Waals surface area contributed by atoms with Gasteiger partial charge in [0.1, 0.15) is 11.4 Å². The molecule has 2 heterocycles. The lowest BCUT2D eigenvalue weighted by Gasteiger charge is -2.26. The monoisotopic (exact) mass is 437 g/mol. The number of rotatable bonds is 3. The van der Waals surface area contributed by atoms with Crippen LogP contribution in [0, 0.1) is 0 Å². The zero-order chi connectivity index (χ0) is 20.9. The first-order valence-electron chi connectivity index (χ1n) is 8.91. The first kappa shape index (κ1) is 20.0. The molecular weight excluding hydrogens is 419 g/mol. The molecule has 29 heavy (non-hydrogen) atoms. The quantitative estimate of drug-likeness (QED) is 0.658. The molecular formula is C20H18F3N3OS2. The SMILES string of the molecule is CN(C)c1ccc([C@H]2SC[C@H]3C(=O)N(c4cccc(C(F)(F)F)c4)C(=S)N23)cc1. The molecule has 9 heteroatoms. The minimum Gasteiger partial charge on any atom is -0.378 e. The third-order valence-corrected chi connectivity index (χ3v) is 6.76. The van der Waals surface area contributed by atoms with Gasteiger partial charge in [0.15, 0.2) is 5.11 Å². The van der Waals surface area contributed by atoms with Crippen molar-refractivity contribution in [1.82, 2.24) is 4.90 Å². The number of alkyl halides is 3. The van der Waals surface area contributed by atoms with Crippen molar-refractivity contribution in [3.8, 4) is 0 Å². The van der Waals surface area contributed by atoms with Gasteiger partial charge in [0.25, 0.3) is 5.91 Å². The van der Waals surface area contributed by atoms with Crippen LogP contribution < -0.4 is 9.80 Å². The van der Waals surface area contributed by atoms with Gasteiger partial charge in [0, 0.05) is 25.5 Å². The van der Waals surface area contributed by atoms with E-state index in [4.69, 9.17) is 12.2 Å². The summed E-state index contributed by atoms with van der Waals surface area (Å²) in [4.78, 5) is 18.0. The molecule has 2 aromatic rings. The predicted octanol–water partition coefficient (Wildman–Crippen LogP) is 4.52. The minimum absolute atomic E-state index is 0.149. The van der Waals surface area contributed by atoms with Crippen LogP contribution in [-0.2, 0) is 11.0 Å². The maximum absolute atomic E-state index is 13.1. The molecule has 4 nitrogen and oxygen atoms in total. The average Bonchev–Trinajstić information content (AvgIpc) is 3.22. The first-order valence-corrected chi connectivity index (χ1v) is 10.4. The summed E-state index contributed by atoms with van der Waals surface area (Å²) < 4.78 is 39.3. The molecule has 2 atom stereocenters. The van der Waals surface area contributed by atoms with E-state index in [0.717, 1.165) is 23.4 Å². The van der Waals surface area contributed by atoms with Gasteiger partial charge in [-0.15, -0.1) is 11.8 Å². The number of nitrogens with zero attached hydrogens (tertiary/aromatic N) is 3. The fraction of sp³-hybridized carbons (Fsp3) is 0.300. The van der Waals surface area contributed by atoms with Gasteiger partial charge in [-0.05, 0) is 48.1 Å². The molecule has 0 bridgehead atoms. The topological polar surface area (TPSA) is 26.8 Å². The van der Waals surface area contributed by atoms with E-state index in [2.05, 4.69) is 0 Å². The van der Waals surface area contributed by atoms with E-state index in [1.54, 1.807) is 11.8 Å². The van der Waals surface area contributed by atoms with Crippen molar-refractivity contribution in [2.75, 3.05) is 29.6 Å². The van der Waals surface area contributed by atoms with E-state index >= 15 is 0 Å². The fourth-order valence-corrected chi connectivity index (χ4v) is 5.46. The van der Waals surface area contributed by atoms with Crippen LogP contribution in [0.2, 0.25) is 0 Å². The first-order chi connectivity index (χ1) is 13.7. The van der Waals surface area contributed by atoms with Crippen molar-refractivity contribution in [3.63, 3.8) is 0 Å². The van der Waals surface area contributed by atoms with Crippen LogP contribution in [0.5, 0.6) is 0 Å². The number of anilines is 2. The molecule has 0 radical (unpaired) electrons. The lowest BCUT2D eigenvalue weighted by molar-refractivity contribution is -0.137. The van der Waals surface area contributed by atoms with Crippen LogP contribution in [0.1, 0.15) is 16.5 Å². The number of benzene rings is 2. The number of carbonyl (C=O) groups excluding carboxylic acids is 1. The Hall–Kier alpha value is -2.26. The molecule has 2 saturated heterocycles. The van der Waals surface area contributed by atoms with Crippen LogP contribution >= 0.6 is 24.0 Å². The number of carbonyl (C=O) groups is 1. The summed E-state index contributed by atoms with van der Waals surface area (Å²) in [7, 11) is 3.91. The van der Waals surface area contributed by atoms with E-state index in [-0.39, 0.29) is 22.1 Å². The van der Waals surface area contributed by atoms with Gasteiger partial charge in [-0.3, -0.25) is 9.69 Å². The number of hydrogen-bond donors (Lipinski definition) is 0. The summed E-state index contributed by atoms with van der Waals surface area (Å²) >= 11 is 7.16. The molecule has 0 spiro atoms. The molecule has 0 unspecified atom stereocenters. The summed E-state index contributed by atoms with van der Waals surface area (Å²) in [6.07, 6.45) is -4.48. The highest BCUT2D eigenvalue weighted by Gasteiger charge is 2.51. The zero-order valence-corrected chi connectivity index (χ0v) is 17.3. The maximum atomic E-state index is 13.1. The molecule has 2 aromatic carbocycles. The second-order valence-electron chi connectivity index (χ2n) is 7.10. The Morgan fingerprint density at radius 2 is 1.83 bits per heavy atom. The molecule has 0 saturated carbocycles. The highest BCUT2D eigenvalue weighted by molar-refractivity contribution is 7.99. The molecule has 0 N–H and O–H groups in total. The van der Waals surface area contributed by atoms with Gasteiger partial charge in [0.2, 0.25) is 0 Å². The van der Waals surface area contributed by atoms with Crippen molar-refractivity contribution in [2.24, 2.45) is 0 Å². The zero-order valence-electron chi connectivity index (χ0n) is 15.7. The highest BCUT2D eigenvalue weighted by Crippen LogP contribution is 2.46. The highest BCUT2D eigenvalue weighted by atomic mass is 32.2.